The first-order chi connectivity index (χ1) is 14.2. The number of aryl methyl sites for hydroxylation is 2. The lowest BCUT2D eigenvalue weighted by molar-refractivity contribution is -0.274. The van der Waals surface area contributed by atoms with Crippen molar-refractivity contribution in [2.75, 3.05) is 18.4 Å². The quantitative estimate of drug-likeness (QED) is 0.571. The first-order valence-electron chi connectivity index (χ1n) is 8.96. The molecule has 3 rings (SSSR count). The number of carbonyl (C=O) groups excluding carboxylic acids is 1. The number of hydrogen-bond donors (Lipinski definition) is 2. The van der Waals surface area contributed by atoms with E-state index in [4.69, 9.17) is 0 Å². The first kappa shape index (κ1) is 21.1. The summed E-state index contributed by atoms with van der Waals surface area (Å²) in [5.41, 5.74) is 2.05. The Morgan fingerprint density at radius 1 is 1.07 bits per heavy atom. The minimum absolute atomic E-state index is 0.221. The fourth-order valence-electron chi connectivity index (χ4n) is 2.67. The molecule has 0 bridgehead atoms. The molecule has 158 valence electrons. The van der Waals surface area contributed by atoms with Gasteiger partial charge in [0, 0.05) is 24.3 Å². The molecule has 0 fully saturated rings. The van der Waals surface area contributed by atoms with E-state index in [0.717, 1.165) is 23.5 Å². The number of nitrogens with zero attached hydrogens (tertiary/aromatic N) is 4. The summed E-state index contributed by atoms with van der Waals surface area (Å²) < 4.78 is 41.9. The minimum Gasteiger partial charge on any atom is -0.406 e. The molecule has 0 saturated heterocycles. The fourth-order valence-corrected chi connectivity index (χ4v) is 2.67. The molecule has 0 aliphatic heterocycles. The molecule has 2 N–H and O–H groups in total. The summed E-state index contributed by atoms with van der Waals surface area (Å²) in [4.78, 5) is 12.0. The summed E-state index contributed by atoms with van der Waals surface area (Å²) >= 11 is 0. The van der Waals surface area contributed by atoms with Crippen LogP contribution < -0.4 is 15.4 Å². The first-order valence-corrected chi connectivity index (χ1v) is 8.96. The number of anilines is 1. The van der Waals surface area contributed by atoms with Crippen LogP contribution in [0.15, 0.2) is 42.5 Å². The number of hydrogen-bond acceptors (Lipinski definition) is 6. The summed E-state index contributed by atoms with van der Waals surface area (Å²) in [6.07, 6.45) is -4.77. The lowest BCUT2D eigenvalue weighted by Gasteiger charge is -2.10. The molecule has 0 spiro atoms. The van der Waals surface area contributed by atoms with E-state index < -0.39 is 12.3 Å². The maximum atomic E-state index is 12.2. The molecular formula is C19H19F3N6O2. The van der Waals surface area contributed by atoms with Gasteiger partial charge in [0.05, 0.1) is 5.69 Å². The van der Waals surface area contributed by atoms with Crippen LogP contribution in [0, 0.1) is 13.8 Å². The molecule has 11 heteroatoms. The van der Waals surface area contributed by atoms with Crippen LogP contribution in [-0.2, 0) is 0 Å². The van der Waals surface area contributed by atoms with Crippen LogP contribution in [0.2, 0.25) is 0 Å². The third-order valence-corrected chi connectivity index (χ3v) is 3.94. The fraction of sp³-hybridized carbons (Fsp3) is 0.263. The van der Waals surface area contributed by atoms with Crippen LogP contribution in [0.1, 0.15) is 21.7 Å². The predicted molar refractivity (Wildman–Crippen MR) is 103 cm³/mol. The Labute approximate surface area is 170 Å². The van der Waals surface area contributed by atoms with Crippen molar-refractivity contribution in [3.05, 3.63) is 59.4 Å². The van der Waals surface area contributed by atoms with Crippen molar-refractivity contribution in [2.45, 2.75) is 20.2 Å². The van der Waals surface area contributed by atoms with Gasteiger partial charge >= 0.3 is 6.36 Å². The number of rotatable bonds is 7. The molecule has 0 aliphatic carbocycles. The summed E-state index contributed by atoms with van der Waals surface area (Å²) in [7, 11) is 0. The second kappa shape index (κ2) is 8.80. The van der Waals surface area contributed by atoms with E-state index in [-0.39, 0.29) is 17.9 Å². The monoisotopic (exact) mass is 420 g/mol. The topological polar surface area (TPSA) is 94.0 Å². The van der Waals surface area contributed by atoms with E-state index >= 15 is 0 Å². The zero-order chi connectivity index (χ0) is 21.7. The predicted octanol–water partition coefficient (Wildman–Crippen LogP) is 3.02. The normalized spacial score (nSPS) is 11.2. The second-order valence-electron chi connectivity index (χ2n) is 6.37. The molecule has 2 aromatic heterocycles. The van der Waals surface area contributed by atoms with Crippen LogP contribution in [0.4, 0.5) is 19.0 Å². The Bertz CT molecular complexity index is 1000. The number of nitrogens with one attached hydrogen (secondary N) is 2. The molecule has 3 aromatic rings. The molecule has 0 radical (unpaired) electrons. The number of amides is 1. The van der Waals surface area contributed by atoms with Crippen molar-refractivity contribution < 1.29 is 22.7 Å². The van der Waals surface area contributed by atoms with Crippen LogP contribution in [0.25, 0.3) is 5.82 Å². The smallest absolute Gasteiger partial charge is 0.406 e. The van der Waals surface area contributed by atoms with E-state index in [1.54, 1.807) is 16.8 Å². The Kier molecular flexibility index (Phi) is 6.19. The number of halogens is 3. The van der Waals surface area contributed by atoms with Gasteiger partial charge in [0.25, 0.3) is 5.91 Å². The zero-order valence-corrected chi connectivity index (χ0v) is 16.2. The number of carbonyl (C=O) groups is 1. The zero-order valence-electron chi connectivity index (χ0n) is 16.2. The van der Waals surface area contributed by atoms with Crippen molar-refractivity contribution in [1.82, 2.24) is 25.3 Å². The van der Waals surface area contributed by atoms with E-state index in [9.17, 15) is 18.0 Å². The Balaban J connectivity index is 1.45. The highest BCUT2D eigenvalue weighted by atomic mass is 19.4. The minimum atomic E-state index is -4.77. The van der Waals surface area contributed by atoms with E-state index in [2.05, 4.69) is 30.7 Å². The Morgan fingerprint density at radius 3 is 2.37 bits per heavy atom. The van der Waals surface area contributed by atoms with Gasteiger partial charge in [0.1, 0.15) is 11.6 Å². The maximum Gasteiger partial charge on any atom is 0.573 e. The van der Waals surface area contributed by atoms with Gasteiger partial charge in [0.15, 0.2) is 5.82 Å². The van der Waals surface area contributed by atoms with Gasteiger partial charge < -0.3 is 15.4 Å². The molecule has 8 nitrogen and oxygen atoms in total. The molecular weight excluding hydrogens is 401 g/mol. The molecule has 1 amide bonds. The molecule has 0 aliphatic rings. The van der Waals surface area contributed by atoms with Gasteiger partial charge in [0.2, 0.25) is 0 Å². The van der Waals surface area contributed by atoms with Gasteiger partial charge in [-0.2, -0.15) is 5.10 Å². The second-order valence-corrected chi connectivity index (χ2v) is 6.37. The van der Waals surface area contributed by atoms with Crippen molar-refractivity contribution in [3.63, 3.8) is 0 Å². The maximum absolute atomic E-state index is 12.2. The van der Waals surface area contributed by atoms with E-state index in [0.29, 0.717) is 18.2 Å². The van der Waals surface area contributed by atoms with Crippen LogP contribution in [-0.4, -0.2) is 45.3 Å². The molecule has 1 aromatic carbocycles. The van der Waals surface area contributed by atoms with Crippen LogP contribution in [0.3, 0.4) is 0 Å². The highest BCUT2D eigenvalue weighted by Crippen LogP contribution is 2.22. The van der Waals surface area contributed by atoms with Crippen molar-refractivity contribution >= 4 is 11.7 Å². The summed E-state index contributed by atoms with van der Waals surface area (Å²) in [5, 5.41) is 18.2. The van der Waals surface area contributed by atoms with Crippen LogP contribution in [0.5, 0.6) is 5.75 Å². The van der Waals surface area contributed by atoms with Gasteiger partial charge in [-0.3, -0.25) is 4.79 Å². The highest BCUT2D eigenvalue weighted by molar-refractivity contribution is 5.94. The van der Waals surface area contributed by atoms with Crippen LogP contribution >= 0.6 is 0 Å². The van der Waals surface area contributed by atoms with Crippen molar-refractivity contribution in [1.29, 1.82) is 0 Å². The number of ether oxygens (including phenoxy) is 1. The molecule has 30 heavy (non-hydrogen) atoms. The number of aromatic nitrogens is 4. The summed E-state index contributed by atoms with van der Waals surface area (Å²) in [5.74, 6) is 0.324. The van der Waals surface area contributed by atoms with Gasteiger partial charge in [-0.15, -0.1) is 23.4 Å². The number of benzene rings is 1. The molecule has 0 saturated carbocycles. The Hall–Kier alpha value is -3.63. The van der Waals surface area contributed by atoms with E-state index in [1.165, 1.54) is 12.1 Å². The average Bonchev–Trinajstić information content (AvgIpc) is 3.03. The molecule has 2 heterocycles. The van der Waals surface area contributed by atoms with Gasteiger partial charge in [-0.25, -0.2) is 4.68 Å². The Morgan fingerprint density at radius 2 is 1.80 bits per heavy atom. The van der Waals surface area contributed by atoms with Gasteiger partial charge in [-0.1, -0.05) is 0 Å². The third kappa shape index (κ3) is 5.69. The van der Waals surface area contributed by atoms with Crippen molar-refractivity contribution in [2.24, 2.45) is 0 Å². The number of alkyl halides is 3. The lowest BCUT2D eigenvalue weighted by Crippen LogP contribution is -2.29. The van der Waals surface area contributed by atoms with E-state index in [1.807, 2.05) is 19.9 Å². The SMILES string of the molecule is Cc1cc(C)n(-c2ccc(NCCNC(=O)c3ccc(OC(F)(F)F)cc3)nn2)n1. The molecule has 0 atom stereocenters. The summed E-state index contributed by atoms with van der Waals surface area (Å²) in [6.45, 7) is 4.48. The van der Waals surface area contributed by atoms with Gasteiger partial charge in [-0.05, 0) is 56.3 Å². The molecule has 0 unspecified atom stereocenters. The standard InChI is InChI=1S/C19H19F3N6O2/c1-12-11-13(2)28(27-12)17-8-7-16(25-26-17)23-9-10-24-18(29)14-3-5-15(6-4-14)30-19(20,21)22/h3-8,11H,9-10H2,1-2H3,(H,23,25)(H,24,29). The van der Waals surface area contributed by atoms with Crippen molar-refractivity contribution in [3.8, 4) is 11.6 Å². The largest absolute Gasteiger partial charge is 0.573 e. The highest BCUT2D eigenvalue weighted by Gasteiger charge is 2.31. The lowest BCUT2D eigenvalue weighted by atomic mass is 10.2. The summed E-state index contributed by atoms with van der Waals surface area (Å²) in [6, 6.07) is 10.1. The third-order valence-electron chi connectivity index (χ3n) is 3.94. The average molecular weight is 420 g/mol.